The fourth-order valence-corrected chi connectivity index (χ4v) is 4.85. The van der Waals surface area contributed by atoms with Crippen LogP contribution in [0.5, 0.6) is 5.75 Å². The molecule has 6 nitrogen and oxygen atoms in total. The van der Waals surface area contributed by atoms with Crippen molar-refractivity contribution < 1.29 is 14.3 Å². The molecule has 1 aliphatic heterocycles. The van der Waals surface area contributed by atoms with Crippen LogP contribution in [-0.4, -0.2) is 53.5 Å². The van der Waals surface area contributed by atoms with Crippen LogP contribution in [-0.2, 0) is 11.2 Å². The highest BCUT2D eigenvalue weighted by Gasteiger charge is 2.34. The number of amides is 3. The molecule has 174 valence electrons. The molecule has 0 radical (unpaired) electrons. The number of hydrogen-bond acceptors (Lipinski definition) is 4. The van der Waals surface area contributed by atoms with Crippen LogP contribution in [0.25, 0.3) is 0 Å². The van der Waals surface area contributed by atoms with Crippen molar-refractivity contribution in [2.45, 2.75) is 58.7 Å². The van der Waals surface area contributed by atoms with Gasteiger partial charge in [-0.3, -0.25) is 4.79 Å². The molecule has 0 saturated heterocycles. The van der Waals surface area contributed by atoms with Gasteiger partial charge in [-0.15, -0.1) is 11.3 Å². The molecule has 0 spiro atoms. The Morgan fingerprint density at radius 2 is 1.97 bits per heavy atom. The van der Waals surface area contributed by atoms with E-state index in [-0.39, 0.29) is 36.6 Å². The standard InChI is InChI=1S/C24H32ClN3O3S/c1-5-17(4)28(24(30)26-16(2)3)14-23(29)27-12-10-22-20(11-13-32-22)21(27)15-31-19-8-6-18(25)7-9-19/h6-9,11,13,16-17,21H,5,10,12,14-15H2,1-4H3,(H,26,30)/t17-,21+/m0/s1. The van der Waals surface area contributed by atoms with E-state index in [2.05, 4.69) is 16.8 Å². The Kier molecular flexibility index (Phi) is 8.43. The van der Waals surface area contributed by atoms with E-state index < -0.39 is 0 Å². The summed E-state index contributed by atoms with van der Waals surface area (Å²) in [6, 6.07) is 8.87. The van der Waals surface area contributed by atoms with Gasteiger partial charge < -0.3 is 19.9 Å². The van der Waals surface area contributed by atoms with Gasteiger partial charge in [-0.05, 0) is 74.9 Å². The Balaban J connectivity index is 1.77. The number of ether oxygens (including phenoxy) is 1. The van der Waals surface area contributed by atoms with E-state index in [4.69, 9.17) is 16.3 Å². The van der Waals surface area contributed by atoms with Gasteiger partial charge in [0.25, 0.3) is 0 Å². The third-order valence-corrected chi connectivity index (χ3v) is 6.99. The molecular weight excluding hydrogens is 446 g/mol. The molecule has 0 bridgehead atoms. The summed E-state index contributed by atoms with van der Waals surface area (Å²) < 4.78 is 6.04. The van der Waals surface area contributed by atoms with Crippen molar-refractivity contribution in [2.24, 2.45) is 0 Å². The lowest BCUT2D eigenvalue weighted by Gasteiger charge is -2.38. The minimum Gasteiger partial charge on any atom is -0.491 e. The van der Waals surface area contributed by atoms with Gasteiger partial charge in [0.1, 0.15) is 18.9 Å². The number of halogens is 1. The smallest absolute Gasteiger partial charge is 0.318 e. The number of fused-ring (bicyclic) bond motifs is 1. The molecule has 1 aliphatic rings. The molecule has 1 aromatic heterocycles. The largest absolute Gasteiger partial charge is 0.491 e. The van der Waals surface area contributed by atoms with Gasteiger partial charge >= 0.3 is 6.03 Å². The third-order valence-electron chi connectivity index (χ3n) is 5.74. The van der Waals surface area contributed by atoms with Crippen LogP contribution in [0.4, 0.5) is 4.79 Å². The molecule has 2 aromatic rings. The summed E-state index contributed by atoms with van der Waals surface area (Å²) in [5.74, 6) is 0.646. The second-order valence-electron chi connectivity index (χ2n) is 8.41. The van der Waals surface area contributed by atoms with E-state index in [9.17, 15) is 9.59 Å². The molecule has 1 N–H and O–H groups in total. The Labute approximate surface area is 199 Å². The molecule has 0 aliphatic carbocycles. The van der Waals surface area contributed by atoms with Crippen LogP contribution in [0.1, 0.15) is 50.6 Å². The summed E-state index contributed by atoms with van der Waals surface area (Å²) >= 11 is 7.69. The van der Waals surface area contributed by atoms with Crippen LogP contribution in [0, 0.1) is 0 Å². The summed E-state index contributed by atoms with van der Waals surface area (Å²) in [4.78, 5) is 31.0. The lowest BCUT2D eigenvalue weighted by atomic mass is 10.00. The average Bonchev–Trinajstić information content (AvgIpc) is 3.24. The quantitative estimate of drug-likeness (QED) is 0.573. The molecule has 3 amide bonds. The number of carbonyl (C=O) groups excluding carboxylic acids is 2. The highest BCUT2D eigenvalue weighted by Crippen LogP contribution is 2.34. The Bertz CT molecular complexity index is 915. The molecule has 3 rings (SSSR count). The second-order valence-corrected chi connectivity index (χ2v) is 9.84. The van der Waals surface area contributed by atoms with Crippen LogP contribution >= 0.6 is 22.9 Å². The average molecular weight is 478 g/mol. The zero-order valence-electron chi connectivity index (χ0n) is 19.1. The minimum atomic E-state index is -0.204. The molecule has 0 fully saturated rings. The third kappa shape index (κ3) is 5.95. The Morgan fingerprint density at radius 1 is 1.25 bits per heavy atom. The van der Waals surface area contributed by atoms with E-state index in [1.807, 2.05) is 44.7 Å². The fourth-order valence-electron chi connectivity index (χ4n) is 3.80. The van der Waals surface area contributed by atoms with Gasteiger partial charge in [0.15, 0.2) is 0 Å². The van der Waals surface area contributed by atoms with E-state index in [1.165, 1.54) is 4.88 Å². The predicted molar refractivity (Wildman–Crippen MR) is 130 cm³/mol. The first-order chi connectivity index (χ1) is 15.3. The van der Waals surface area contributed by atoms with Crippen molar-refractivity contribution in [1.29, 1.82) is 0 Å². The summed E-state index contributed by atoms with van der Waals surface area (Å²) in [5, 5.41) is 5.64. The first-order valence-electron chi connectivity index (χ1n) is 11.1. The zero-order valence-corrected chi connectivity index (χ0v) is 20.7. The minimum absolute atomic E-state index is 0.00744. The van der Waals surface area contributed by atoms with Gasteiger partial charge in [0, 0.05) is 28.5 Å². The first kappa shape index (κ1) is 24.4. The number of nitrogens with zero attached hydrogens (tertiary/aromatic N) is 2. The number of carbonyl (C=O) groups is 2. The maximum absolute atomic E-state index is 13.5. The lowest BCUT2D eigenvalue weighted by Crippen LogP contribution is -2.53. The number of hydrogen-bond donors (Lipinski definition) is 1. The topological polar surface area (TPSA) is 61.9 Å². The SMILES string of the molecule is CC[C@H](C)N(CC(=O)N1CCc2sccc2[C@H]1COc1ccc(Cl)cc1)C(=O)NC(C)C. The second kappa shape index (κ2) is 11.1. The van der Waals surface area contributed by atoms with E-state index in [0.29, 0.717) is 23.9 Å². The monoisotopic (exact) mass is 477 g/mol. The first-order valence-corrected chi connectivity index (χ1v) is 12.4. The molecule has 0 unspecified atom stereocenters. The molecule has 2 atom stereocenters. The van der Waals surface area contributed by atoms with E-state index in [0.717, 1.165) is 18.4 Å². The number of thiophene rings is 1. The van der Waals surface area contributed by atoms with Crippen molar-refractivity contribution in [3.8, 4) is 5.75 Å². The Hall–Kier alpha value is -2.25. The molecule has 32 heavy (non-hydrogen) atoms. The van der Waals surface area contributed by atoms with Crippen LogP contribution in [0.2, 0.25) is 5.02 Å². The van der Waals surface area contributed by atoms with Crippen LogP contribution in [0.3, 0.4) is 0 Å². The highest BCUT2D eigenvalue weighted by atomic mass is 35.5. The van der Waals surface area contributed by atoms with Crippen molar-refractivity contribution in [1.82, 2.24) is 15.1 Å². The van der Waals surface area contributed by atoms with E-state index >= 15 is 0 Å². The summed E-state index contributed by atoms with van der Waals surface area (Å²) in [7, 11) is 0. The van der Waals surface area contributed by atoms with Crippen molar-refractivity contribution in [2.75, 3.05) is 19.7 Å². The van der Waals surface area contributed by atoms with Crippen molar-refractivity contribution >= 4 is 34.9 Å². The zero-order chi connectivity index (χ0) is 23.3. The molecule has 0 saturated carbocycles. The van der Waals surface area contributed by atoms with E-state index in [1.54, 1.807) is 28.4 Å². The van der Waals surface area contributed by atoms with Gasteiger partial charge in [-0.2, -0.15) is 0 Å². The van der Waals surface area contributed by atoms with Gasteiger partial charge in [-0.1, -0.05) is 18.5 Å². The number of urea groups is 1. The maximum Gasteiger partial charge on any atom is 0.318 e. The maximum atomic E-state index is 13.5. The summed E-state index contributed by atoms with van der Waals surface area (Å²) in [6.45, 7) is 8.83. The molecular formula is C24H32ClN3O3S. The van der Waals surface area contributed by atoms with Gasteiger partial charge in [0.05, 0.1) is 6.04 Å². The van der Waals surface area contributed by atoms with Crippen molar-refractivity contribution in [3.63, 3.8) is 0 Å². The molecule has 2 heterocycles. The molecule has 8 heteroatoms. The fraction of sp³-hybridized carbons (Fsp3) is 0.500. The number of benzene rings is 1. The highest BCUT2D eigenvalue weighted by molar-refractivity contribution is 7.10. The van der Waals surface area contributed by atoms with Crippen LogP contribution < -0.4 is 10.1 Å². The summed E-state index contributed by atoms with van der Waals surface area (Å²) in [5.41, 5.74) is 1.13. The number of rotatable bonds is 8. The van der Waals surface area contributed by atoms with Gasteiger partial charge in [0.2, 0.25) is 5.91 Å². The normalized spacial score (nSPS) is 16.4. The molecule has 1 aromatic carbocycles. The van der Waals surface area contributed by atoms with Crippen LogP contribution in [0.15, 0.2) is 35.7 Å². The number of nitrogens with one attached hydrogen (secondary N) is 1. The Morgan fingerprint density at radius 3 is 2.62 bits per heavy atom. The lowest BCUT2D eigenvalue weighted by molar-refractivity contribution is -0.136. The predicted octanol–water partition coefficient (Wildman–Crippen LogP) is 5.12. The van der Waals surface area contributed by atoms with Gasteiger partial charge in [-0.25, -0.2) is 4.79 Å². The summed E-state index contributed by atoms with van der Waals surface area (Å²) in [6.07, 6.45) is 1.59. The van der Waals surface area contributed by atoms with Crippen molar-refractivity contribution in [3.05, 3.63) is 51.2 Å².